The van der Waals surface area contributed by atoms with Gasteiger partial charge in [0, 0.05) is 61.0 Å². The molecule has 5 heterocycles. The van der Waals surface area contributed by atoms with Crippen molar-refractivity contribution < 1.29 is 35.9 Å². The molecule has 12 nitrogen and oxygen atoms in total. The molecule has 3 fully saturated rings. The van der Waals surface area contributed by atoms with E-state index in [0.29, 0.717) is 58.1 Å². The molecule has 1 saturated carbocycles. The summed E-state index contributed by atoms with van der Waals surface area (Å²) < 4.78 is 83.9. The number of morpholine rings is 1. The van der Waals surface area contributed by atoms with Crippen LogP contribution in [0.2, 0.25) is 0 Å². The number of hydrogen-bond acceptors (Lipinski definition) is 10. The number of carbonyl (C=O) groups excluding carboxylic acids is 1. The predicted octanol–water partition coefficient (Wildman–Crippen LogP) is 6.19. The lowest BCUT2D eigenvalue weighted by Gasteiger charge is -2.47. The van der Waals surface area contributed by atoms with E-state index in [1.54, 1.807) is 35.2 Å². The summed E-state index contributed by atoms with van der Waals surface area (Å²) >= 11 is 0. The first kappa shape index (κ1) is 34.8. The minimum Gasteiger partial charge on any atom is -0.445 e. The Bertz CT molecular complexity index is 2250. The number of hydrogen-bond donors (Lipinski definition) is 1. The maximum atomic E-state index is 14.6. The number of nitrogens with one attached hydrogen (secondary N) is 1. The van der Waals surface area contributed by atoms with Gasteiger partial charge in [0.2, 0.25) is 5.95 Å². The molecule has 53 heavy (non-hydrogen) atoms. The average Bonchev–Trinajstić information content (AvgIpc) is 3.81. The van der Waals surface area contributed by atoms with E-state index in [9.17, 15) is 26.4 Å². The lowest BCUT2D eigenvalue weighted by atomic mass is 9.64. The number of amides is 1. The second-order valence-corrected chi connectivity index (χ2v) is 15.4. The molecular formula is C37H36F3N7O5S. The molecule has 1 amide bonds. The second kappa shape index (κ2) is 13.6. The quantitative estimate of drug-likeness (QED) is 0.196. The second-order valence-electron chi connectivity index (χ2n) is 13.6. The molecule has 0 bridgehead atoms. The van der Waals surface area contributed by atoms with E-state index in [-0.39, 0.29) is 45.5 Å². The van der Waals surface area contributed by atoms with Crippen molar-refractivity contribution in [2.75, 3.05) is 49.6 Å². The van der Waals surface area contributed by atoms with E-state index in [4.69, 9.17) is 14.5 Å². The van der Waals surface area contributed by atoms with Crippen molar-refractivity contribution in [2.24, 2.45) is 5.41 Å². The minimum atomic E-state index is -4.86. The summed E-state index contributed by atoms with van der Waals surface area (Å²) in [7, 11) is -4.29. The van der Waals surface area contributed by atoms with Gasteiger partial charge in [-0.25, -0.2) is 32.1 Å². The third kappa shape index (κ3) is 6.65. The van der Waals surface area contributed by atoms with Gasteiger partial charge in [-0.3, -0.25) is 0 Å². The lowest BCUT2D eigenvalue weighted by molar-refractivity contribution is -0.137. The number of anilines is 2. The van der Waals surface area contributed by atoms with Gasteiger partial charge < -0.3 is 24.6 Å². The van der Waals surface area contributed by atoms with Crippen molar-refractivity contribution in [1.82, 2.24) is 23.8 Å². The predicted molar refractivity (Wildman–Crippen MR) is 190 cm³/mol. The van der Waals surface area contributed by atoms with Crippen LogP contribution in [0.4, 0.5) is 29.7 Å². The molecule has 5 aromatic rings. The highest BCUT2D eigenvalue weighted by molar-refractivity contribution is 7.90. The van der Waals surface area contributed by atoms with E-state index in [2.05, 4.69) is 15.3 Å². The van der Waals surface area contributed by atoms with Gasteiger partial charge in [-0.1, -0.05) is 48.5 Å². The number of alkyl halides is 3. The number of benzene rings is 2. The standard InChI is InChI=1S/C37H36F3N7O5S/c38-37(39,40)29-21-41-34(42-30-13-14-36(30)15-16-46(24-36)35(48)52-23-25-7-3-1-4-8-25)44-32(29)28-22-47(53(49,50)26-9-5-2-6-10-26)33-27(28)11-12-31(43-33)45-17-19-51-20-18-45/h1-12,21-22,30H,13-20,23-24H2,(H,41,42,44). The van der Waals surface area contributed by atoms with Gasteiger partial charge in [-0.2, -0.15) is 13.2 Å². The molecular weight excluding hydrogens is 712 g/mol. The Kier molecular flexibility index (Phi) is 8.97. The van der Waals surface area contributed by atoms with Crippen LogP contribution >= 0.6 is 0 Å². The Morgan fingerprint density at radius 2 is 1.70 bits per heavy atom. The highest BCUT2D eigenvalue weighted by Crippen LogP contribution is 2.50. The van der Waals surface area contributed by atoms with Crippen LogP contribution in [0.1, 0.15) is 30.4 Å². The summed E-state index contributed by atoms with van der Waals surface area (Å²) in [6.07, 6.45) is -1.20. The molecule has 16 heteroatoms. The molecule has 1 N–H and O–H groups in total. The number of nitrogens with zero attached hydrogens (tertiary/aromatic N) is 6. The van der Waals surface area contributed by atoms with E-state index in [0.717, 1.165) is 28.4 Å². The molecule has 3 aromatic heterocycles. The molecule has 1 spiro atoms. The Labute approximate surface area is 303 Å². The highest BCUT2D eigenvalue weighted by Gasteiger charge is 2.52. The average molecular weight is 748 g/mol. The van der Waals surface area contributed by atoms with Gasteiger partial charge in [-0.05, 0) is 49.1 Å². The minimum absolute atomic E-state index is 0.0303. The van der Waals surface area contributed by atoms with Crippen LogP contribution in [0.25, 0.3) is 22.3 Å². The van der Waals surface area contributed by atoms with Gasteiger partial charge in [0.15, 0.2) is 5.65 Å². The number of likely N-dealkylation sites (tertiary alicyclic amines) is 1. The van der Waals surface area contributed by atoms with Crippen LogP contribution in [0.15, 0.2) is 90.1 Å². The Morgan fingerprint density at radius 1 is 0.962 bits per heavy atom. The zero-order chi connectivity index (χ0) is 36.8. The number of carbonyl (C=O) groups is 1. The van der Waals surface area contributed by atoms with Gasteiger partial charge in [0.25, 0.3) is 10.0 Å². The molecule has 2 aliphatic heterocycles. The number of aromatic nitrogens is 4. The number of halogens is 3. The highest BCUT2D eigenvalue weighted by atomic mass is 32.2. The van der Waals surface area contributed by atoms with Crippen LogP contribution in [-0.4, -0.2) is 83.8 Å². The third-order valence-electron chi connectivity index (χ3n) is 10.4. The van der Waals surface area contributed by atoms with E-state index < -0.39 is 33.6 Å². The third-order valence-corrected chi connectivity index (χ3v) is 12.1. The monoisotopic (exact) mass is 747 g/mol. The first-order valence-corrected chi connectivity index (χ1v) is 18.8. The Hall–Kier alpha value is -5.22. The van der Waals surface area contributed by atoms with Crippen LogP contribution < -0.4 is 10.2 Å². The van der Waals surface area contributed by atoms with E-state index >= 15 is 0 Å². The number of pyridine rings is 1. The summed E-state index contributed by atoms with van der Waals surface area (Å²) in [4.78, 5) is 29.7. The zero-order valence-electron chi connectivity index (χ0n) is 28.5. The largest absolute Gasteiger partial charge is 0.445 e. The van der Waals surface area contributed by atoms with Gasteiger partial charge >= 0.3 is 12.3 Å². The molecule has 276 valence electrons. The summed E-state index contributed by atoms with van der Waals surface area (Å²) in [5.41, 5.74) is -1.13. The molecule has 3 aliphatic rings. The zero-order valence-corrected chi connectivity index (χ0v) is 29.3. The van der Waals surface area contributed by atoms with Gasteiger partial charge in [0.05, 0.1) is 23.8 Å². The Balaban J connectivity index is 1.12. The number of ether oxygens (including phenoxy) is 2. The summed E-state index contributed by atoms with van der Waals surface area (Å²) in [6, 6.07) is 20.1. The van der Waals surface area contributed by atoms with Crippen molar-refractivity contribution in [3.63, 3.8) is 0 Å². The summed E-state index contributed by atoms with van der Waals surface area (Å²) in [5, 5.41) is 3.43. The van der Waals surface area contributed by atoms with Crippen molar-refractivity contribution in [3.05, 3.63) is 96.3 Å². The summed E-state index contributed by atoms with van der Waals surface area (Å²) in [6.45, 7) is 3.02. The fraction of sp³-hybridized carbons (Fsp3) is 0.351. The smallest absolute Gasteiger partial charge is 0.419 e. The van der Waals surface area contributed by atoms with Crippen LogP contribution in [0, 0.1) is 5.41 Å². The van der Waals surface area contributed by atoms with E-state index in [1.807, 2.05) is 35.2 Å². The Morgan fingerprint density at radius 3 is 2.40 bits per heavy atom. The number of fused-ring (bicyclic) bond motifs is 1. The fourth-order valence-electron chi connectivity index (χ4n) is 7.40. The maximum Gasteiger partial charge on any atom is 0.419 e. The first-order valence-electron chi connectivity index (χ1n) is 17.3. The first-order chi connectivity index (χ1) is 25.5. The SMILES string of the molecule is O=C(OCc1ccccc1)N1CCC2(CCC2Nc2ncc(C(F)(F)F)c(-c3cn(S(=O)(=O)c4ccccc4)c4nc(N5CCOCC5)ccc34)n2)C1. The van der Waals surface area contributed by atoms with E-state index in [1.165, 1.54) is 12.1 Å². The molecule has 2 saturated heterocycles. The van der Waals surface area contributed by atoms with Crippen molar-refractivity contribution in [3.8, 4) is 11.3 Å². The van der Waals surface area contributed by atoms with Crippen LogP contribution in [-0.2, 0) is 32.3 Å². The van der Waals surface area contributed by atoms with Crippen molar-refractivity contribution >= 4 is 38.9 Å². The molecule has 2 aromatic carbocycles. The molecule has 0 radical (unpaired) electrons. The number of rotatable bonds is 8. The van der Waals surface area contributed by atoms with Crippen molar-refractivity contribution in [2.45, 2.75) is 43.0 Å². The van der Waals surface area contributed by atoms with Gasteiger partial charge in [0.1, 0.15) is 18.0 Å². The molecule has 2 atom stereocenters. The van der Waals surface area contributed by atoms with Gasteiger partial charge in [-0.15, -0.1) is 0 Å². The fourth-order valence-corrected chi connectivity index (χ4v) is 8.74. The lowest BCUT2D eigenvalue weighted by Crippen LogP contribution is -2.51. The summed E-state index contributed by atoms with van der Waals surface area (Å²) in [5.74, 6) is 0.438. The normalized spacial score (nSPS) is 20.5. The molecule has 8 rings (SSSR count). The molecule has 2 unspecified atom stereocenters. The maximum absolute atomic E-state index is 14.6. The van der Waals surface area contributed by atoms with Crippen LogP contribution in [0.5, 0.6) is 0 Å². The van der Waals surface area contributed by atoms with Crippen LogP contribution in [0.3, 0.4) is 0 Å². The topological polar surface area (TPSA) is 132 Å². The molecule has 1 aliphatic carbocycles. The van der Waals surface area contributed by atoms with Crippen molar-refractivity contribution in [1.29, 1.82) is 0 Å².